The lowest BCUT2D eigenvalue weighted by Gasteiger charge is -2.01. The largest absolute Gasteiger partial charge is 0.309 e. The molecule has 0 aromatic rings. The minimum atomic E-state index is -1.06. The molecule has 0 unspecified atom stereocenters. The molecule has 5 heteroatoms. The molecule has 0 bridgehead atoms. The Morgan fingerprint density at radius 2 is 2.20 bits per heavy atom. The highest BCUT2D eigenvalue weighted by Gasteiger charge is 2.46. The molecule has 0 aliphatic heterocycles. The first kappa shape index (κ1) is 6.98. The molecule has 1 fully saturated rings. The number of hydrogen-bond acceptors (Lipinski definition) is 4. The van der Waals surface area contributed by atoms with E-state index >= 15 is 0 Å². The van der Waals surface area contributed by atoms with Gasteiger partial charge in [0.05, 0.1) is 5.41 Å². The van der Waals surface area contributed by atoms with Crippen LogP contribution in [0.5, 0.6) is 0 Å². The molecule has 1 rings (SSSR count). The first-order valence-electron chi connectivity index (χ1n) is 2.91. The van der Waals surface area contributed by atoms with E-state index < -0.39 is 16.5 Å². The zero-order valence-electron chi connectivity index (χ0n) is 5.49. The van der Waals surface area contributed by atoms with Gasteiger partial charge >= 0.3 is 11.1 Å². The summed E-state index contributed by atoms with van der Waals surface area (Å²) >= 11 is 0. The van der Waals surface area contributed by atoms with Crippen molar-refractivity contribution in [3.05, 3.63) is 10.1 Å². The van der Waals surface area contributed by atoms with E-state index in [2.05, 4.69) is 4.84 Å². The SMILES string of the molecule is CC1(C(=O)O[N+](=O)[O-])CC1. The summed E-state index contributed by atoms with van der Waals surface area (Å²) in [5.41, 5.74) is -0.562. The highest BCUT2D eigenvalue weighted by molar-refractivity contribution is 5.78. The summed E-state index contributed by atoms with van der Waals surface area (Å²) in [7, 11) is 0. The molecule has 0 atom stereocenters. The highest BCUT2D eigenvalue weighted by atomic mass is 17.0. The molecule has 0 aromatic carbocycles. The normalized spacial score (nSPS) is 19.7. The van der Waals surface area contributed by atoms with E-state index in [1.807, 2.05) is 0 Å². The van der Waals surface area contributed by atoms with Crippen molar-refractivity contribution in [3.8, 4) is 0 Å². The topological polar surface area (TPSA) is 69.4 Å². The third-order valence-corrected chi connectivity index (χ3v) is 1.65. The number of nitrogens with zero attached hydrogens (tertiary/aromatic N) is 1. The predicted molar refractivity (Wildman–Crippen MR) is 30.4 cm³/mol. The standard InChI is InChI=1S/C5H7NO4/c1-5(2-3-5)4(7)10-6(8)9/h2-3H2,1H3. The summed E-state index contributed by atoms with van der Waals surface area (Å²) in [6, 6.07) is 0. The van der Waals surface area contributed by atoms with Gasteiger partial charge in [-0.3, -0.25) is 4.79 Å². The Hall–Kier alpha value is -1.13. The number of carbonyl (C=O) groups is 1. The molecule has 0 aromatic heterocycles. The third-order valence-electron chi connectivity index (χ3n) is 1.65. The third kappa shape index (κ3) is 1.23. The maximum absolute atomic E-state index is 10.7. The van der Waals surface area contributed by atoms with Crippen molar-refractivity contribution in [1.82, 2.24) is 0 Å². The van der Waals surface area contributed by atoms with E-state index in [1.165, 1.54) is 0 Å². The van der Waals surface area contributed by atoms with Crippen LogP contribution in [0.15, 0.2) is 0 Å². The lowest BCUT2D eigenvalue weighted by atomic mass is 10.2. The van der Waals surface area contributed by atoms with Crippen LogP contribution >= 0.6 is 0 Å². The van der Waals surface area contributed by atoms with Crippen molar-refractivity contribution in [3.63, 3.8) is 0 Å². The molecule has 0 saturated heterocycles. The monoisotopic (exact) mass is 145 g/mol. The van der Waals surface area contributed by atoms with Crippen molar-refractivity contribution in [1.29, 1.82) is 0 Å². The summed E-state index contributed by atoms with van der Waals surface area (Å²) in [4.78, 5) is 24.1. The minimum Gasteiger partial charge on any atom is -0.268 e. The van der Waals surface area contributed by atoms with Gasteiger partial charge in [0.25, 0.3) is 0 Å². The molecule has 56 valence electrons. The molecule has 0 N–H and O–H groups in total. The van der Waals surface area contributed by atoms with E-state index in [4.69, 9.17) is 0 Å². The Balaban J connectivity index is 2.43. The molecule has 0 heterocycles. The molecule has 0 spiro atoms. The van der Waals surface area contributed by atoms with E-state index in [1.54, 1.807) is 6.92 Å². The van der Waals surface area contributed by atoms with Gasteiger partial charge in [-0.2, -0.15) is 0 Å². The summed E-state index contributed by atoms with van der Waals surface area (Å²) < 4.78 is 0. The fourth-order valence-corrected chi connectivity index (χ4v) is 0.570. The molecule has 0 radical (unpaired) electrons. The fraction of sp³-hybridized carbons (Fsp3) is 0.800. The minimum absolute atomic E-state index is 0.562. The smallest absolute Gasteiger partial charge is 0.268 e. The molecule has 1 saturated carbocycles. The van der Waals surface area contributed by atoms with Gasteiger partial charge < -0.3 is 0 Å². The van der Waals surface area contributed by atoms with Gasteiger partial charge in [0.15, 0.2) is 0 Å². The summed E-state index contributed by atoms with van der Waals surface area (Å²) in [6.07, 6.45) is 1.39. The first-order chi connectivity index (χ1) is 4.54. The van der Waals surface area contributed by atoms with Crippen LogP contribution in [-0.2, 0) is 9.63 Å². The Morgan fingerprint density at radius 1 is 1.70 bits per heavy atom. The second kappa shape index (κ2) is 1.93. The summed E-state index contributed by atoms with van der Waals surface area (Å²) in [5, 5.41) is 8.58. The van der Waals surface area contributed by atoms with Gasteiger partial charge in [0, 0.05) is 0 Å². The second-order valence-electron chi connectivity index (χ2n) is 2.66. The van der Waals surface area contributed by atoms with Crippen LogP contribution in [0.1, 0.15) is 19.8 Å². The van der Waals surface area contributed by atoms with E-state index in [0.29, 0.717) is 12.8 Å². The van der Waals surface area contributed by atoms with Crippen LogP contribution in [0.4, 0.5) is 0 Å². The zero-order valence-corrected chi connectivity index (χ0v) is 5.49. The average molecular weight is 145 g/mol. The highest BCUT2D eigenvalue weighted by Crippen LogP contribution is 2.45. The van der Waals surface area contributed by atoms with Gasteiger partial charge in [-0.15, -0.1) is 10.1 Å². The first-order valence-corrected chi connectivity index (χ1v) is 2.91. The van der Waals surface area contributed by atoms with Crippen LogP contribution in [0.25, 0.3) is 0 Å². The maximum atomic E-state index is 10.7. The van der Waals surface area contributed by atoms with E-state index in [-0.39, 0.29) is 0 Å². The van der Waals surface area contributed by atoms with Gasteiger partial charge in [0.2, 0.25) is 0 Å². The summed E-state index contributed by atoms with van der Waals surface area (Å²) in [6.45, 7) is 1.65. The predicted octanol–water partition coefficient (Wildman–Crippen LogP) is 0.521. The Kier molecular flexibility index (Phi) is 1.35. The van der Waals surface area contributed by atoms with Crippen molar-refractivity contribution < 1.29 is 14.7 Å². The van der Waals surface area contributed by atoms with Crippen molar-refractivity contribution >= 4 is 5.97 Å². The number of hydrogen-bond donors (Lipinski definition) is 0. The van der Waals surface area contributed by atoms with Crippen molar-refractivity contribution in [2.24, 2.45) is 5.41 Å². The van der Waals surface area contributed by atoms with Crippen LogP contribution < -0.4 is 0 Å². The molecule has 10 heavy (non-hydrogen) atoms. The maximum Gasteiger partial charge on any atom is 0.309 e. The molecule has 5 nitrogen and oxygen atoms in total. The Morgan fingerprint density at radius 3 is 2.50 bits per heavy atom. The van der Waals surface area contributed by atoms with Crippen molar-refractivity contribution in [2.75, 3.05) is 0 Å². The van der Waals surface area contributed by atoms with Crippen LogP contribution in [0, 0.1) is 15.5 Å². The van der Waals surface area contributed by atoms with Gasteiger partial charge in [0.1, 0.15) is 0 Å². The van der Waals surface area contributed by atoms with Gasteiger partial charge in [-0.1, -0.05) is 6.92 Å². The molecular weight excluding hydrogens is 138 g/mol. The van der Waals surface area contributed by atoms with Gasteiger partial charge in [-0.25, -0.2) is 4.84 Å². The molecule has 1 aliphatic rings. The average Bonchev–Trinajstić information content (AvgIpc) is 2.47. The van der Waals surface area contributed by atoms with Crippen LogP contribution in [0.3, 0.4) is 0 Å². The lowest BCUT2D eigenvalue weighted by molar-refractivity contribution is -0.730. The lowest BCUT2D eigenvalue weighted by Crippen LogP contribution is -2.18. The van der Waals surface area contributed by atoms with E-state index in [0.717, 1.165) is 0 Å². The van der Waals surface area contributed by atoms with E-state index in [9.17, 15) is 14.9 Å². The fourth-order valence-electron chi connectivity index (χ4n) is 0.570. The molecule has 1 aliphatic carbocycles. The molecule has 0 amide bonds. The number of rotatable bonds is 2. The molecular formula is C5H7NO4. The zero-order chi connectivity index (χ0) is 7.78. The van der Waals surface area contributed by atoms with Gasteiger partial charge in [-0.05, 0) is 12.8 Å². The Bertz CT molecular complexity index is 184. The quantitative estimate of drug-likeness (QED) is 0.419. The van der Waals surface area contributed by atoms with Crippen LogP contribution in [0.2, 0.25) is 0 Å². The van der Waals surface area contributed by atoms with Crippen molar-refractivity contribution in [2.45, 2.75) is 19.8 Å². The van der Waals surface area contributed by atoms with Crippen LogP contribution in [-0.4, -0.2) is 11.1 Å². The summed E-state index contributed by atoms with van der Waals surface area (Å²) in [5.74, 6) is -0.725. The Labute approximate surface area is 57.1 Å². The second-order valence-corrected chi connectivity index (χ2v) is 2.66. The number of carbonyl (C=O) groups excluding carboxylic acids is 1.